The van der Waals surface area contributed by atoms with Gasteiger partial charge in [0.05, 0.1) is 12.4 Å². The number of hydrogen-bond acceptors (Lipinski definition) is 4. The Labute approximate surface area is 106 Å². The van der Waals surface area contributed by atoms with Crippen molar-refractivity contribution in [1.29, 1.82) is 0 Å². The van der Waals surface area contributed by atoms with E-state index in [2.05, 4.69) is 4.74 Å². The number of unbranched alkanes of at least 4 members (excludes halogenated alkanes) is 1. The van der Waals surface area contributed by atoms with Gasteiger partial charge in [0.2, 0.25) is 5.97 Å². The van der Waals surface area contributed by atoms with E-state index in [4.69, 9.17) is 0 Å². The first-order valence-electron chi connectivity index (χ1n) is 4.14. The number of Topliss-reactive ketones (excluding diaryl/α,β-unsaturated/α-hetero) is 2. The average Bonchev–Trinajstić information content (AvgIpc) is 2.03. The van der Waals surface area contributed by atoms with Crippen LogP contribution in [0.5, 0.6) is 0 Å². The van der Waals surface area contributed by atoms with Gasteiger partial charge in [-0.2, -0.15) is 0 Å². The van der Waals surface area contributed by atoms with Crippen molar-refractivity contribution in [2.24, 2.45) is 0 Å². The van der Waals surface area contributed by atoms with E-state index < -0.39 is 17.5 Å². The van der Waals surface area contributed by atoms with Crippen LogP contribution in [0.2, 0.25) is 0 Å². The number of carbonyl (C=O) groups is 3. The number of carbonyl (C=O) groups excluding carboxylic acids is 3. The Morgan fingerprint density at radius 2 is 1.86 bits per heavy atom. The van der Waals surface area contributed by atoms with Crippen LogP contribution in [0.4, 0.5) is 0 Å². The van der Waals surface area contributed by atoms with Crippen LogP contribution >= 0.6 is 0 Å². The normalized spacial score (nSPS) is 8.43. The smallest absolute Gasteiger partial charge is 0.545 e. The minimum atomic E-state index is -0.955. The van der Waals surface area contributed by atoms with Crippen molar-refractivity contribution in [1.82, 2.24) is 0 Å². The monoisotopic (exact) mass is 208 g/mol. The SMILES string of the molecule is CCCCOC(=O)C(=O)[CH-]C(C)=O.[Na+]. The van der Waals surface area contributed by atoms with Gasteiger partial charge in [-0.1, -0.05) is 13.3 Å². The van der Waals surface area contributed by atoms with Gasteiger partial charge in [-0.05, 0) is 13.3 Å². The number of ketones is 2. The third-order valence-electron chi connectivity index (χ3n) is 1.27. The molecule has 0 aliphatic heterocycles. The van der Waals surface area contributed by atoms with Crippen LogP contribution < -0.4 is 29.6 Å². The maximum Gasteiger partial charge on any atom is 1.00 e. The summed E-state index contributed by atoms with van der Waals surface area (Å²) in [7, 11) is 0. The van der Waals surface area contributed by atoms with Crippen LogP contribution in [0.15, 0.2) is 0 Å². The van der Waals surface area contributed by atoms with Crippen molar-refractivity contribution in [3.63, 3.8) is 0 Å². The summed E-state index contributed by atoms with van der Waals surface area (Å²) < 4.78 is 4.57. The van der Waals surface area contributed by atoms with Crippen LogP contribution in [0.3, 0.4) is 0 Å². The molecule has 0 rings (SSSR count). The van der Waals surface area contributed by atoms with Crippen molar-refractivity contribution >= 4 is 17.5 Å². The molecular formula is C9H13NaO4. The second-order valence-electron chi connectivity index (χ2n) is 2.61. The zero-order valence-electron chi connectivity index (χ0n) is 8.83. The molecule has 0 saturated carbocycles. The number of hydrogen-bond donors (Lipinski definition) is 0. The largest absolute Gasteiger partial charge is 1.00 e. The van der Waals surface area contributed by atoms with Gasteiger partial charge in [0, 0.05) is 0 Å². The number of rotatable bonds is 6. The zero-order chi connectivity index (χ0) is 10.3. The molecule has 14 heavy (non-hydrogen) atoms. The molecule has 0 radical (unpaired) electrons. The van der Waals surface area contributed by atoms with Crippen LogP contribution in [-0.4, -0.2) is 24.1 Å². The molecule has 0 aromatic rings. The Balaban J connectivity index is 0. The molecule has 5 heteroatoms. The first-order valence-corrected chi connectivity index (χ1v) is 4.14. The van der Waals surface area contributed by atoms with Crippen LogP contribution in [0.1, 0.15) is 26.7 Å². The van der Waals surface area contributed by atoms with E-state index in [1.54, 1.807) is 0 Å². The van der Waals surface area contributed by atoms with Crippen molar-refractivity contribution in [3.8, 4) is 0 Å². The molecule has 0 fully saturated rings. The Kier molecular flexibility index (Phi) is 10.6. The molecule has 0 saturated heterocycles. The van der Waals surface area contributed by atoms with Crippen molar-refractivity contribution in [2.45, 2.75) is 26.7 Å². The fraction of sp³-hybridized carbons (Fsp3) is 0.556. The first kappa shape index (κ1) is 16.1. The molecular weight excluding hydrogens is 195 g/mol. The van der Waals surface area contributed by atoms with E-state index >= 15 is 0 Å². The summed E-state index contributed by atoms with van der Waals surface area (Å²) in [5.41, 5.74) is 0. The molecule has 0 aliphatic carbocycles. The van der Waals surface area contributed by atoms with Crippen molar-refractivity contribution < 1.29 is 48.7 Å². The summed E-state index contributed by atoms with van der Waals surface area (Å²) in [4.78, 5) is 32.0. The average molecular weight is 208 g/mol. The van der Waals surface area contributed by atoms with Gasteiger partial charge in [-0.15, -0.1) is 6.42 Å². The quantitative estimate of drug-likeness (QED) is 0.123. The van der Waals surface area contributed by atoms with E-state index in [-0.39, 0.29) is 36.2 Å². The first-order chi connectivity index (χ1) is 6.07. The summed E-state index contributed by atoms with van der Waals surface area (Å²) in [5, 5.41) is 0. The third-order valence-corrected chi connectivity index (χ3v) is 1.27. The summed E-state index contributed by atoms with van der Waals surface area (Å²) in [6.07, 6.45) is 2.34. The Bertz CT molecular complexity index is 213. The molecule has 4 nitrogen and oxygen atoms in total. The molecule has 0 spiro atoms. The second kappa shape index (κ2) is 9.24. The maximum atomic E-state index is 10.8. The predicted octanol–water partition coefficient (Wildman–Crippen LogP) is -2.30. The molecule has 0 bridgehead atoms. The van der Waals surface area contributed by atoms with Gasteiger partial charge in [0.15, 0.2) is 0 Å². The van der Waals surface area contributed by atoms with Crippen LogP contribution in [0.25, 0.3) is 0 Å². The van der Waals surface area contributed by atoms with E-state index in [0.29, 0.717) is 0 Å². The fourth-order valence-electron chi connectivity index (χ4n) is 0.624. The molecule has 0 atom stereocenters. The second-order valence-corrected chi connectivity index (χ2v) is 2.61. The van der Waals surface area contributed by atoms with E-state index in [1.807, 2.05) is 6.92 Å². The van der Waals surface area contributed by atoms with Gasteiger partial charge in [-0.3, -0.25) is 0 Å². The van der Waals surface area contributed by atoms with Gasteiger partial charge in [-0.25, -0.2) is 0 Å². The fourth-order valence-corrected chi connectivity index (χ4v) is 0.624. The van der Waals surface area contributed by atoms with Crippen LogP contribution in [-0.2, 0) is 19.1 Å². The minimum Gasteiger partial charge on any atom is -0.545 e. The molecule has 74 valence electrons. The topological polar surface area (TPSA) is 60.4 Å². The molecule has 0 aromatic heterocycles. The van der Waals surface area contributed by atoms with Gasteiger partial charge >= 0.3 is 29.6 Å². The Morgan fingerprint density at radius 1 is 1.29 bits per heavy atom. The summed E-state index contributed by atoms with van der Waals surface area (Å²) >= 11 is 0. The third kappa shape index (κ3) is 8.29. The zero-order valence-corrected chi connectivity index (χ0v) is 10.8. The van der Waals surface area contributed by atoms with E-state index in [1.165, 1.54) is 6.92 Å². The Hall–Kier alpha value is -0.320. The predicted molar refractivity (Wildman–Crippen MR) is 45.9 cm³/mol. The molecule has 0 amide bonds. The molecule has 0 N–H and O–H groups in total. The summed E-state index contributed by atoms with van der Waals surface area (Å²) in [6, 6.07) is 0. The van der Waals surface area contributed by atoms with E-state index in [9.17, 15) is 14.4 Å². The maximum absolute atomic E-state index is 10.8. The summed E-state index contributed by atoms with van der Waals surface area (Å²) in [5.74, 6) is -2.29. The molecule has 0 aliphatic rings. The van der Waals surface area contributed by atoms with Gasteiger partial charge in [0.1, 0.15) is 5.78 Å². The number of esters is 1. The van der Waals surface area contributed by atoms with Crippen LogP contribution in [0, 0.1) is 6.42 Å². The summed E-state index contributed by atoms with van der Waals surface area (Å²) in [6.45, 7) is 3.38. The minimum absolute atomic E-state index is 0. The molecule has 0 heterocycles. The standard InChI is InChI=1S/C9H13O4.Na/c1-3-4-5-13-9(12)8(11)6-7(2)10;/h6H,3-5H2,1-2H3;/q-1;+1. The van der Waals surface area contributed by atoms with Gasteiger partial charge in [0.25, 0.3) is 0 Å². The van der Waals surface area contributed by atoms with Crippen molar-refractivity contribution in [3.05, 3.63) is 6.42 Å². The number of ether oxygens (including phenoxy) is 1. The molecule has 0 aromatic carbocycles. The Morgan fingerprint density at radius 3 is 2.29 bits per heavy atom. The van der Waals surface area contributed by atoms with Gasteiger partial charge < -0.3 is 19.1 Å². The molecule has 0 unspecified atom stereocenters. The van der Waals surface area contributed by atoms with Crippen molar-refractivity contribution in [2.75, 3.05) is 6.61 Å². The van der Waals surface area contributed by atoms with E-state index in [0.717, 1.165) is 19.3 Å².